The molecule has 2 aliphatic rings. The molecule has 0 unspecified atom stereocenters. The highest BCUT2D eigenvalue weighted by molar-refractivity contribution is 6.30. The fourth-order valence-corrected chi connectivity index (χ4v) is 7.34. The lowest BCUT2D eigenvalue weighted by Crippen LogP contribution is -2.23. The van der Waals surface area contributed by atoms with Gasteiger partial charge in [-0.2, -0.15) is 9.97 Å². The molecule has 10 rings (SSSR count). The van der Waals surface area contributed by atoms with Gasteiger partial charge in [-0.1, -0.05) is 57.8 Å². The Morgan fingerprint density at radius 2 is 1.16 bits per heavy atom. The maximum Gasteiger partial charge on any atom is 0.280 e. The highest BCUT2D eigenvalue weighted by atomic mass is 35.5. The molecule has 2 aliphatic carbocycles. The molecule has 0 aliphatic heterocycles. The van der Waals surface area contributed by atoms with Gasteiger partial charge in [0.05, 0.1) is 19.0 Å². The fraction of sp³-hybridized carbons (Fsp3) is 0.316. The van der Waals surface area contributed by atoms with Gasteiger partial charge in [-0.05, 0) is 72.9 Å². The number of nitrogens with zero attached hydrogens (tertiary/aromatic N) is 11. The van der Waals surface area contributed by atoms with Crippen LogP contribution in [0.25, 0.3) is 22.3 Å². The standard InChI is InChI=1S/C19H17ClN6O2.C13H12Cl2N2O.C6H6N4O/c1-25-9-21-18-16(25)19(27)26(10-22-18)8-15-23-17(24-28-15)13-6-12(7-13)11-2-4-14(20)5-3-11;14-7-12-16-13(17-18-12)10-5-9(6-10)8-1-3-11(15)4-2-8;1-10-3-9-5-4(10)6(11)8-2-7-5/h2-5,9-10,12-13H,6-8H2,1H3;1-4,9-10H,5-7H2;2-3H,1H3,(H,7,8,11). The van der Waals surface area contributed by atoms with Crippen LogP contribution >= 0.6 is 34.8 Å². The van der Waals surface area contributed by atoms with Crippen LogP contribution in [-0.4, -0.2) is 58.9 Å². The predicted molar refractivity (Wildman–Crippen MR) is 211 cm³/mol. The van der Waals surface area contributed by atoms with Gasteiger partial charge in [0.15, 0.2) is 34.0 Å². The molecule has 0 saturated heterocycles. The van der Waals surface area contributed by atoms with E-state index in [9.17, 15) is 9.59 Å². The summed E-state index contributed by atoms with van der Waals surface area (Å²) in [5.41, 5.74) is 4.14. The second-order valence-corrected chi connectivity index (χ2v) is 15.2. The molecule has 6 aromatic heterocycles. The number of hydrogen-bond donors (Lipinski definition) is 1. The zero-order chi connectivity index (χ0) is 39.6. The Kier molecular flexibility index (Phi) is 11.0. The van der Waals surface area contributed by atoms with Gasteiger partial charge < -0.3 is 23.2 Å². The minimum atomic E-state index is -0.184. The number of fused-ring (bicyclic) bond motifs is 2. The molecule has 8 aromatic rings. The first-order chi connectivity index (χ1) is 27.6. The third-order valence-electron chi connectivity index (χ3n) is 10.3. The number of rotatable bonds is 7. The average Bonchev–Trinajstić information content (AvgIpc) is 3.99. The molecule has 0 amide bonds. The van der Waals surface area contributed by atoms with Gasteiger partial charge in [-0.25, -0.2) is 19.9 Å². The third-order valence-corrected chi connectivity index (χ3v) is 11.0. The number of hydrogen-bond acceptors (Lipinski definition) is 12. The van der Waals surface area contributed by atoms with E-state index in [1.54, 1.807) is 35.9 Å². The van der Waals surface area contributed by atoms with Crippen LogP contribution < -0.4 is 11.1 Å². The van der Waals surface area contributed by atoms with Crippen molar-refractivity contribution in [3.05, 3.63) is 139 Å². The fourth-order valence-electron chi connectivity index (χ4n) is 6.98. The van der Waals surface area contributed by atoms with Crippen molar-refractivity contribution in [3.8, 4) is 0 Å². The second kappa shape index (κ2) is 16.4. The monoisotopic (exact) mass is 828 g/mol. The predicted octanol–water partition coefficient (Wildman–Crippen LogP) is 6.66. The molecular formula is C38H35Cl3N12O4. The molecule has 0 spiro atoms. The molecule has 0 radical (unpaired) electrons. The summed E-state index contributed by atoms with van der Waals surface area (Å²) in [6.07, 6.45) is 10.0. The van der Waals surface area contributed by atoms with E-state index in [1.165, 1.54) is 28.3 Å². The lowest BCUT2D eigenvalue weighted by atomic mass is 9.71. The normalized spacial score (nSPS) is 18.6. The molecule has 2 aromatic carbocycles. The Balaban J connectivity index is 0.000000133. The molecule has 57 heavy (non-hydrogen) atoms. The summed E-state index contributed by atoms with van der Waals surface area (Å²) in [4.78, 5) is 51.0. The van der Waals surface area contributed by atoms with E-state index >= 15 is 0 Å². The number of alkyl halides is 1. The highest BCUT2D eigenvalue weighted by Crippen LogP contribution is 2.47. The SMILES string of the molecule is ClCc1nc(C2CC(c3ccc(Cl)cc3)C2)no1.Cn1cnc2nc[nH]c(=O)c21.Cn1cnc2ncn(Cc3nc(C4CC(c5ccc(Cl)cc5)C4)no3)c(=O)c21. The van der Waals surface area contributed by atoms with Gasteiger partial charge in [-0.3, -0.25) is 14.2 Å². The lowest BCUT2D eigenvalue weighted by molar-refractivity contribution is 0.315. The number of benzene rings is 2. The van der Waals surface area contributed by atoms with E-state index in [0.717, 1.165) is 41.6 Å². The Morgan fingerprint density at radius 3 is 1.68 bits per heavy atom. The Labute approximate surface area is 338 Å². The first-order valence-electron chi connectivity index (χ1n) is 18.1. The zero-order valence-corrected chi connectivity index (χ0v) is 32.9. The van der Waals surface area contributed by atoms with Crippen LogP contribution in [0.1, 0.15) is 83.9 Å². The van der Waals surface area contributed by atoms with Gasteiger partial charge in [-0.15, -0.1) is 11.6 Å². The van der Waals surface area contributed by atoms with Crippen molar-refractivity contribution in [3.63, 3.8) is 0 Å². The minimum Gasteiger partial charge on any atom is -0.338 e. The molecule has 1 N–H and O–H groups in total. The first-order valence-corrected chi connectivity index (χ1v) is 19.4. The maximum absolute atomic E-state index is 12.6. The van der Waals surface area contributed by atoms with Gasteiger partial charge in [0, 0.05) is 36.0 Å². The number of aryl methyl sites for hydroxylation is 2. The average molecular weight is 830 g/mol. The first kappa shape index (κ1) is 38.2. The second-order valence-electron chi connectivity index (χ2n) is 14.0. The molecule has 19 heteroatoms. The highest BCUT2D eigenvalue weighted by Gasteiger charge is 2.35. The number of nitrogens with one attached hydrogen (secondary N) is 1. The molecule has 2 saturated carbocycles. The van der Waals surface area contributed by atoms with Gasteiger partial charge in [0.25, 0.3) is 11.1 Å². The van der Waals surface area contributed by atoms with E-state index < -0.39 is 0 Å². The van der Waals surface area contributed by atoms with Gasteiger partial charge in [0.2, 0.25) is 11.8 Å². The van der Waals surface area contributed by atoms with Crippen LogP contribution in [0, 0.1) is 0 Å². The van der Waals surface area contributed by atoms with Crippen LogP contribution in [-0.2, 0) is 26.5 Å². The van der Waals surface area contributed by atoms with Crippen molar-refractivity contribution in [1.29, 1.82) is 0 Å². The molecular weight excluding hydrogens is 795 g/mol. The van der Waals surface area contributed by atoms with Gasteiger partial charge in [0.1, 0.15) is 18.8 Å². The van der Waals surface area contributed by atoms with Crippen LogP contribution in [0.3, 0.4) is 0 Å². The summed E-state index contributed by atoms with van der Waals surface area (Å²) in [6.45, 7) is 0.188. The topological polar surface area (TPSA) is 194 Å². The summed E-state index contributed by atoms with van der Waals surface area (Å²) in [6, 6.07) is 16.0. The van der Waals surface area contributed by atoms with E-state index in [2.05, 4.69) is 69.5 Å². The van der Waals surface area contributed by atoms with E-state index in [4.69, 9.17) is 43.8 Å². The van der Waals surface area contributed by atoms with Crippen LogP contribution in [0.15, 0.2) is 92.5 Å². The van der Waals surface area contributed by atoms with Gasteiger partial charge >= 0.3 is 0 Å². The Hall–Kier alpha value is -5.71. The van der Waals surface area contributed by atoms with Crippen molar-refractivity contribution in [2.24, 2.45) is 14.1 Å². The van der Waals surface area contributed by atoms with Crippen LogP contribution in [0.4, 0.5) is 0 Å². The summed E-state index contributed by atoms with van der Waals surface area (Å²) in [7, 11) is 3.52. The summed E-state index contributed by atoms with van der Waals surface area (Å²) < 4.78 is 15.1. The molecule has 6 heterocycles. The smallest absolute Gasteiger partial charge is 0.280 e. The number of H-pyrrole nitrogens is 1. The molecule has 292 valence electrons. The minimum absolute atomic E-state index is 0.157. The van der Waals surface area contributed by atoms with Crippen molar-refractivity contribution in [2.45, 2.75) is 61.8 Å². The van der Waals surface area contributed by atoms with Crippen LogP contribution in [0.2, 0.25) is 10.0 Å². The Bertz CT molecular complexity index is 2740. The van der Waals surface area contributed by atoms with E-state index in [1.807, 2.05) is 24.3 Å². The maximum atomic E-state index is 12.6. The van der Waals surface area contributed by atoms with Crippen molar-refractivity contribution in [2.75, 3.05) is 0 Å². The molecule has 0 atom stereocenters. The zero-order valence-electron chi connectivity index (χ0n) is 30.7. The lowest BCUT2D eigenvalue weighted by Gasteiger charge is -2.33. The number of aromatic nitrogens is 12. The van der Waals surface area contributed by atoms with E-state index in [-0.39, 0.29) is 29.5 Å². The number of aromatic amines is 1. The molecule has 16 nitrogen and oxygen atoms in total. The number of halogens is 3. The molecule has 2 fully saturated rings. The van der Waals surface area contributed by atoms with Crippen molar-refractivity contribution >= 4 is 57.1 Å². The van der Waals surface area contributed by atoms with Crippen molar-refractivity contribution in [1.82, 2.24) is 58.9 Å². The largest absolute Gasteiger partial charge is 0.338 e. The van der Waals surface area contributed by atoms with Crippen LogP contribution in [0.5, 0.6) is 0 Å². The molecule has 0 bridgehead atoms. The quantitative estimate of drug-likeness (QED) is 0.168. The Morgan fingerprint density at radius 1 is 0.667 bits per heavy atom. The summed E-state index contributed by atoms with van der Waals surface area (Å²) in [5.74, 6) is 4.39. The summed E-state index contributed by atoms with van der Waals surface area (Å²) in [5, 5.41) is 9.60. The summed E-state index contributed by atoms with van der Waals surface area (Å²) >= 11 is 17.5. The number of imidazole rings is 2. The van der Waals surface area contributed by atoms with E-state index in [0.29, 0.717) is 57.7 Å². The third kappa shape index (κ3) is 8.24. The van der Waals surface area contributed by atoms with Crippen molar-refractivity contribution < 1.29 is 9.05 Å².